The van der Waals surface area contributed by atoms with Crippen LogP contribution in [-0.4, -0.2) is 6.10 Å². The van der Waals surface area contributed by atoms with E-state index in [4.69, 9.17) is 4.74 Å². The number of hydrogen-bond acceptors (Lipinski definition) is 1. The van der Waals surface area contributed by atoms with E-state index in [1.165, 1.54) is 6.07 Å². The Kier molecular flexibility index (Phi) is 5.74. The average molecular weight is 334 g/mol. The molecule has 0 spiro atoms. The smallest absolute Gasteiger partial charge is 0.313 e. The third-order valence-corrected chi connectivity index (χ3v) is 4.19. The van der Waals surface area contributed by atoms with Crippen molar-refractivity contribution in [3.63, 3.8) is 0 Å². The molecule has 1 aromatic carbocycles. The van der Waals surface area contributed by atoms with Gasteiger partial charge in [-0.25, -0.2) is 0 Å². The molecule has 0 radical (unpaired) electrons. The second-order valence-electron chi connectivity index (χ2n) is 4.62. The molecule has 1 aromatic rings. The summed E-state index contributed by atoms with van der Waals surface area (Å²) in [5, 5.41) is 0. The highest BCUT2D eigenvalue weighted by Crippen LogP contribution is 3.03. The quantitative estimate of drug-likeness (QED) is 0.518. The van der Waals surface area contributed by atoms with Crippen molar-refractivity contribution in [3.05, 3.63) is 24.3 Å². The van der Waals surface area contributed by atoms with Crippen LogP contribution in [0.5, 0.6) is 5.75 Å². The zero-order valence-electron chi connectivity index (χ0n) is 12.9. The van der Waals surface area contributed by atoms with Gasteiger partial charge in [-0.05, 0) is 25.0 Å². The predicted octanol–water partition coefficient (Wildman–Crippen LogP) is 7.18. The summed E-state index contributed by atoms with van der Waals surface area (Å²) in [6, 6.07) is 3.45. The molecule has 0 N–H and O–H groups in total. The van der Waals surface area contributed by atoms with Gasteiger partial charge in [0, 0.05) is 0 Å². The molecule has 0 heterocycles. The van der Waals surface area contributed by atoms with Gasteiger partial charge in [-0.3, -0.25) is 0 Å². The molecular formula is C14H23F5OS. The maximum Gasteiger partial charge on any atom is 0.313 e. The van der Waals surface area contributed by atoms with Gasteiger partial charge in [0.05, 0.1) is 6.10 Å². The summed E-state index contributed by atoms with van der Waals surface area (Å²) >= 11 is 0. The molecule has 0 aliphatic rings. The van der Waals surface area contributed by atoms with E-state index in [9.17, 15) is 19.4 Å². The van der Waals surface area contributed by atoms with Crippen LogP contribution in [0.1, 0.15) is 41.0 Å². The van der Waals surface area contributed by atoms with Crippen molar-refractivity contribution in [2.45, 2.75) is 52.0 Å². The minimum atomic E-state index is -9.73. The van der Waals surface area contributed by atoms with Crippen molar-refractivity contribution in [2.75, 3.05) is 0 Å². The third kappa shape index (κ3) is 6.11. The molecule has 1 nitrogen and oxygen atoms in total. The summed E-state index contributed by atoms with van der Waals surface area (Å²) < 4.78 is 69.4. The number of para-hydroxylation sites is 1. The van der Waals surface area contributed by atoms with Crippen molar-refractivity contribution in [3.8, 4) is 5.75 Å². The Morgan fingerprint density at radius 3 is 1.90 bits per heavy atom. The lowest BCUT2D eigenvalue weighted by Crippen LogP contribution is -2.22. The minimum Gasteiger partial charge on any atom is -0.489 e. The summed E-state index contributed by atoms with van der Waals surface area (Å²) in [6.45, 7) is 9.20. The fourth-order valence-electron chi connectivity index (χ4n) is 1.51. The van der Waals surface area contributed by atoms with Crippen LogP contribution in [0.2, 0.25) is 0 Å². The Balaban J connectivity index is 0.00000191. The number of rotatable bonds is 5. The van der Waals surface area contributed by atoms with Gasteiger partial charge in [-0.2, -0.15) is 0 Å². The predicted molar refractivity (Wildman–Crippen MR) is 78.7 cm³/mol. The van der Waals surface area contributed by atoms with E-state index in [1.54, 1.807) is 13.8 Å². The summed E-state index contributed by atoms with van der Waals surface area (Å²) in [7, 11) is -9.73. The number of hydrogen-bond donors (Lipinski definition) is 0. The Morgan fingerprint density at radius 2 is 1.48 bits per heavy atom. The number of halogens is 5. The maximum atomic E-state index is 12.9. The Hall–Kier alpha value is -0.980. The molecule has 7 heteroatoms. The van der Waals surface area contributed by atoms with Gasteiger partial charge in [-0.1, -0.05) is 65.7 Å². The normalized spacial score (nSPS) is 17.6. The van der Waals surface area contributed by atoms with Crippen molar-refractivity contribution in [2.24, 2.45) is 5.92 Å². The highest BCUT2D eigenvalue weighted by atomic mass is 32.5. The number of benzene rings is 1. The summed E-state index contributed by atoms with van der Waals surface area (Å²) in [6.07, 6.45) is 0.103. The van der Waals surface area contributed by atoms with E-state index < -0.39 is 27.0 Å². The summed E-state index contributed by atoms with van der Waals surface area (Å²) in [5.41, 5.74) is 0. The molecule has 126 valence electrons. The van der Waals surface area contributed by atoms with Crippen LogP contribution in [0.3, 0.4) is 0 Å². The highest BCUT2D eigenvalue weighted by molar-refractivity contribution is 8.45. The summed E-state index contributed by atoms with van der Waals surface area (Å²) in [4.78, 5) is -1.96. The lowest BCUT2D eigenvalue weighted by molar-refractivity contribution is 0.152. The first kappa shape index (κ1) is 20.0. The zero-order valence-corrected chi connectivity index (χ0v) is 13.7. The van der Waals surface area contributed by atoms with Crippen molar-refractivity contribution in [1.29, 1.82) is 0 Å². The molecule has 0 bridgehead atoms. The van der Waals surface area contributed by atoms with Crippen molar-refractivity contribution in [1.82, 2.24) is 0 Å². The third-order valence-electron chi connectivity index (χ3n) is 3.02. The Bertz CT molecular complexity index is 457. The molecule has 0 saturated heterocycles. The molecule has 0 aromatic heterocycles. The molecule has 21 heavy (non-hydrogen) atoms. The second-order valence-corrected chi connectivity index (χ2v) is 7.00. The van der Waals surface area contributed by atoms with E-state index in [0.717, 1.165) is 12.1 Å². The van der Waals surface area contributed by atoms with E-state index in [2.05, 4.69) is 0 Å². The lowest BCUT2D eigenvalue weighted by Gasteiger charge is -2.41. The Labute approximate surface area is 123 Å². The van der Waals surface area contributed by atoms with Crippen LogP contribution in [0.4, 0.5) is 19.4 Å². The second kappa shape index (κ2) is 6.02. The summed E-state index contributed by atoms with van der Waals surface area (Å²) in [5.74, 6) is -0.846. The van der Waals surface area contributed by atoms with E-state index >= 15 is 0 Å². The zero-order chi connectivity index (χ0) is 17.0. The first-order valence-electron chi connectivity index (χ1n) is 6.85. The van der Waals surface area contributed by atoms with E-state index in [0.29, 0.717) is 12.5 Å². The topological polar surface area (TPSA) is 9.23 Å². The fourth-order valence-corrected chi connectivity index (χ4v) is 2.35. The van der Waals surface area contributed by atoms with Gasteiger partial charge in [0.2, 0.25) is 0 Å². The Morgan fingerprint density at radius 1 is 1.00 bits per heavy atom. The van der Waals surface area contributed by atoms with Gasteiger partial charge in [0.15, 0.2) is 0 Å². The van der Waals surface area contributed by atoms with E-state index in [1.807, 2.05) is 20.8 Å². The van der Waals surface area contributed by atoms with Crippen LogP contribution >= 0.6 is 10.2 Å². The molecule has 2 unspecified atom stereocenters. The van der Waals surface area contributed by atoms with Gasteiger partial charge in [0.25, 0.3) is 0 Å². The van der Waals surface area contributed by atoms with Crippen LogP contribution in [0.25, 0.3) is 0 Å². The van der Waals surface area contributed by atoms with Crippen LogP contribution in [-0.2, 0) is 0 Å². The van der Waals surface area contributed by atoms with Crippen molar-refractivity contribution >= 4 is 10.2 Å². The van der Waals surface area contributed by atoms with Crippen LogP contribution < -0.4 is 4.74 Å². The van der Waals surface area contributed by atoms with Crippen LogP contribution in [0.15, 0.2) is 29.2 Å². The van der Waals surface area contributed by atoms with Crippen molar-refractivity contribution < 1.29 is 24.2 Å². The first-order valence-corrected chi connectivity index (χ1v) is 8.80. The fraction of sp³-hybridized carbons (Fsp3) is 0.571. The lowest BCUT2D eigenvalue weighted by atomic mass is 10.0. The van der Waals surface area contributed by atoms with Gasteiger partial charge in [-0.15, -0.1) is 0 Å². The largest absolute Gasteiger partial charge is 0.489 e. The van der Waals surface area contributed by atoms with Gasteiger partial charge in [0.1, 0.15) is 10.6 Å². The standard InChI is InChI=1S/C12H17F5OS.C2H6/c1-4-9(2)10(3)18-11-7-5-6-8-12(11)19(13,14,15,16)17;1-2/h5-10H,4H2,1-3H3;1-2H3. The monoisotopic (exact) mass is 334 g/mol. The van der Waals surface area contributed by atoms with Gasteiger partial charge < -0.3 is 4.74 Å². The average Bonchev–Trinajstić information content (AvgIpc) is 2.38. The molecule has 0 saturated carbocycles. The van der Waals surface area contributed by atoms with Gasteiger partial charge >= 0.3 is 10.2 Å². The van der Waals surface area contributed by atoms with E-state index in [-0.39, 0.29) is 5.92 Å². The highest BCUT2D eigenvalue weighted by Gasteiger charge is 2.67. The SMILES string of the molecule is CC.CCC(C)C(C)Oc1ccccc1S(F)(F)(F)(F)F. The molecule has 0 amide bonds. The molecule has 0 aliphatic heterocycles. The molecule has 0 aliphatic carbocycles. The molecule has 0 fully saturated rings. The first-order chi connectivity index (χ1) is 9.35. The minimum absolute atomic E-state index is 0.0356. The molecule has 1 rings (SSSR count). The molecule has 2 atom stereocenters. The molecular weight excluding hydrogens is 311 g/mol. The van der Waals surface area contributed by atoms with Crippen LogP contribution in [0, 0.1) is 5.92 Å². The maximum absolute atomic E-state index is 12.9. The number of ether oxygens (including phenoxy) is 1.